The smallest absolute Gasteiger partial charge is 0.255 e. The normalized spacial score (nSPS) is 10.2. The number of nitrogens with one attached hydrogen (secondary N) is 1. The lowest BCUT2D eigenvalue weighted by Gasteiger charge is -2.16. The summed E-state index contributed by atoms with van der Waals surface area (Å²) in [6, 6.07) is 17.7. The highest BCUT2D eigenvalue weighted by molar-refractivity contribution is 6.05. The van der Waals surface area contributed by atoms with Gasteiger partial charge in [0.15, 0.2) is 5.75 Å². The van der Waals surface area contributed by atoms with E-state index >= 15 is 0 Å². The summed E-state index contributed by atoms with van der Waals surface area (Å²) in [7, 11) is 0. The highest BCUT2D eigenvalue weighted by Gasteiger charge is 2.16. The van der Waals surface area contributed by atoms with Crippen molar-refractivity contribution in [2.45, 2.75) is 6.61 Å². The van der Waals surface area contributed by atoms with Crippen molar-refractivity contribution >= 4 is 11.6 Å². The molecule has 0 bridgehead atoms. The van der Waals surface area contributed by atoms with E-state index in [1.807, 2.05) is 12.1 Å². The van der Waals surface area contributed by atoms with Gasteiger partial charge in [-0.05, 0) is 52.4 Å². The molecule has 0 aliphatic rings. The lowest BCUT2D eigenvalue weighted by Crippen LogP contribution is -2.14. The Hall–Kier alpha value is -4.58. The van der Waals surface area contributed by atoms with Crippen LogP contribution in [0.1, 0.15) is 21.5 Å². The predicted octanol–water partition coefficient (Wildman–Crippen LogP) is 2.76. The molecule has 30 heavy (non-hydrogen) atoms. The van der Waals surface area contributed by atoms with Gasteiger partial charge in [-0.2, -0.15) is 9.94 Å². The van der Waals surface area contributed by atoms with Gasteiger partial charge in [0.1, 0.15) is 18.6 Å². The Bertz CT molecular complexity index is 1180. The molecule has 1 amide bonds. The molecule has 4 rings (SSSR count). The van der Waals surface area contributed by atoms with E-state index in [4.69, 9.17) is 10.00 Å². The fourth-order valence-electron chi connectivity index (χ4n) is 2.76. The second-order valence-electron chi connectivity index (χ2n) is 6.20. The average molecular weight is 397 g/mol. The number of nitrogens with zero attached hydrogens (tertiary/aromatic N) is 6. The predicted molar refractivity (Wildman–Crippen MR) is 107 cm³/mol. The Morgan fingerprint density at radius 2 is 1.90 bits per heavy atom. The monoisotopic (exact) mass is 397 g/mol. The molecule has 4 aromatic rings. The topological polar surface area (TPSA) is 119 Å². The van der Waals surface area contributed by atoms with Crippen LogP contribution in [0.15, 0.2) is 73.3 Å². The molecule has 2 aromatic carbocycles. The van der Waals surface area contributed by atoms with Gasteiger partial charge in [0.05, 0.1) is 17.3 Å². The molecule has 2 heterocycles. The van der Waals surface area contributed by atoms with Gasteiger partial charge in [-0.1, -0.05) is 18.2 Å². The standard InChI is InChI=1S/C21H15N7O2/c22-12-15-4-6-16(7-5-15)13-30-20-18(25-21(29)17-8-10-23-11-9-17)2-1-3-19(20)28-14-24-26-27-28/h1-11,14H,13H2,(H,25,29). The Morgan fingerprint density at radius 3 is 2.60 bits per heavy atom. The van der Waals surface area contributed by atoms with Crippen LogP contribution in [0, 0.1) is 11.3 Å². The van der Waals surface area contributed by atoms with Gasteiger partial charge in [-0.3, -0.25) is 9.78 Å². The summed E-state index contributed by atoms with van der Waals surface area (Å²) < 4.78 is 7.52. The summed E-state index contributed by atoms with van der Waals surface area (Å²) in [4.78, 5) is 16.6. The van der Waals surface area contributed by atoms with Crippen LogP contribution in [-0.2, 0) is 6.61 Å². The van der Waals surface area contributed by atoms with Crippen molar-refractivity contribution in [1.82, 2.24) is 25.2 Å². The number of ether oxygens (including phenoxy) is 1. The van der Waals surface area contributed by atoms with Crippen LogP contribution in [0.3, 0.4) is 0 Å². The van der Waals surface area contributed by atoms with E-state index in [9.17, 15) is 4.79 Å². The number of benzene rings is 2. The number of anilines is 1. The van der Waals surface area contributed by atoms with Crippen LogP contribution in [0.2, 0.25) is 0 Å². The molecule has 0 unspecified atom stereocenters. The van der Waals surface area contributed by atoms with E-state index in [2.05, 4.69) is 31.9 Å². The number of hydrogen-bond acceptors (Lipinski definition) is 7. The minimum Gasteiger partial charge on any atom is -0.484 e. The van der Waals surface area contributed by atoms with Crippen molar-refractivity contribution in [3.8, 4) is 17.5 Å². The third kappa shape index (κ3) is 4.13. The molecule has 1 N–H and O–H groups in total. The number of carbonyl (C=O) groups excluding carboxylic acids is 1. The number of hydrogen-bond donors (Lipinski definition) is 1. The summed E-state index contributed by atoms with van der Waals surface area (Å²) in [5.74, 6) is 0.117. The first-order valence-corrected chi connectivity index (χ1v) is 8.94. The Morgan fingerprint density at radius 1 is 1.10 bits per heavy atom. The first-order valence-electron chi connectivity index (χ1n) is 8.94. The maximum atomic E-state index is 12.6. The van der Waals surface area contributed by atoms with Crippen LogP contribution in [-0.4, -0.2) is 31.1 Å². The molecular weight excluding hydrogens is 382 g/mol. The SMILES string of the molecule is N#Cc1ccc(COc2c(NC(=O)c3ccncc3)cccc2-n2cnnn2)cc1. The van der Waals surface area contributed by atoms with Crippen molar-refractivity contribution in [2.24, 2.45) is 0 Å². The summed E-state index contributed by atoms with van der Waals surface area (Å²) in [6.07, 6.45) is 4.54. The van der Waals surface area contributed by atoms with Crippen molar-refractivity contribution in [2.75, 3.05) is 5.32 Å². The lowest BCUT2D eigenvalue weighted by atomic mass is 10.1. The van der Waals surface area contributed by atoms with E-state index in [1.54, 1.807) is 54.9 Å². The van der Waals surface area contributed by atoms with Crippen molar-refractivity contribution in [3.63, 3.8) is 0 Å². The first kappa shape index (κ1) is 18.8. The van der Waals surface area contributed by atoms with Gasteiger partial charge in [-0.25, -0.2) is 0 Å². The molecule has 0 spiro atoms. The van der Waals surface area contributed by atoms with E-state index in [0.717, 1.165) is 5.56 Å². The van der Waals surface area contributed by atoms with Crippen LogP contribution >= 0.6 is 0 Å². The molecule has 9 nitrogen and oxygen atoms in total. The van der Waals surface area contributed by atoms with Gasteiger partial charge in [0, 0.05) is 18.0 Å². The quantitative estimate of drug-likeness (QED) is 0.531. The minimum atomic E-state index is -0.297. The molecule has 0 saturated heterocycles. The van der Waals surface area contributed by atoms with Crippen LogP contribution in [0.4, 0.5) is 5.69 Å². The molecule has 146 valence electrons. The Kier molecular flexibility index (Phi) is 5.39. The molecular formula is C21H15N7O2. The second-order valence-corrected chi connectivity index (χ2v) is 6.20. The highest BCUT2D eigenvalue weighted by atomic mass is 16.5. The third-order valence-electron chi connectivity index (χ3n) is 4.25. The molecule has 0 fully saturated rings. The zero-order valence-corrected chi connectivity index (χ0v) is 15.6. The van der Waals surface area contributed by atoms with E-state index in [1.165, 1.54) is 11.0 Å². The van der Waals surface area contributed by atoms with Crippen molar-refractivity contribution in [1.29, 1.82) is 5.26 Å². The highest BCUT2D eigenvalue weighted by Crippen LogP contribution is 2.32. The Balaban J connectivity index is 1.64. The van der Waals surface area contributed by atoms with Gasteiger partial charge in [0.25, 0.3) is 5.91 Å². The summed E-state index contributed by atoms with van der Waals surface area (Å²) in [6.45, 7) is 0.225. The van der Waals surface area contributed by atoms with Crippen LogP contribution in [0.5, 0.6) is 5.75 Å². The van der Waals surface area contributed by atoms with Gasteiger partial charge >= 0.3 is 0 Å². The number of rotatable bonds is 6. The first-order chi connectivity index (χ1) is 14.7. The maximum Gasteiger partial charge on any atom is 0.255 e. The zero-order chi connectivity index (χ0) is 20.8. The zero-order valence-electron chi connectivity index (χ0n) is 15.6. The molecule has 0 aliphatic carbocycles. The summed E-state index contributed by atoms with van der Waals surface area (Å²) in [5.41, 5.74) is 2.94. The number of carbonyl (C=O) groups is 1. The fourth-order valence-corrected chi connectivity index (χ4v) is 2.76. The van der Waals surface area contributed by atoms with Gasteiger partial charge in [-0.15, -0.1) is 5.10 Å². The Labute approximate surface area is 171 Å². The minimum absolute atomic E-state index is 0.225. The van der Waals surface area contributed by atoms with E-state index in [0.29, 0.717) is 28.3 Å². The largest absolute Gasteiger partial charge is 0.484 e. The number of amides is 1. The number of aromatic nitrogens is 5. The molecule has 0 radical (unpaired) electrons. The lowest BCUT2D eigenvalue weighted by molar-refractivity contribution is 0.102. The third-order valence-corrected chi connectivity index (χ3v) is 4.25. The molecule has 0 atom stereocenters. The molecule has 0 saturated carbocycles. The van der Waals surface area contributed by atoms with Crippen LogP contribution < -0.4 is 10.1 Å². The number of tetrazole rings is 1. The fraction of sp³-hybridized carbons (Fsp3) is 0.0476. The van der Waals surface area contributed by atoms with E-state index < -0.39 is 0 Å². The number of nitriles is 1. The number of pyridine rings is 1. The second kappa shape index (κ2) is 8.62. The van der Waals surface area contributed by atoms with Crippen LogP contribution in [0.25, 0.3) is 5.69 Å². The van der Waals surface area contributed by atoms with Crippen molar-refractivity contribution in [3.05, 3.63) is 90.0 Å². The van der Waals surface area contributed by atoms with Gasteiger partial charge < -0.3 is 10.1 Å². The molecule has 9 heteroatoms. The summed E-state index contributed by atoms with van der Waals surface area (Å²) >= 11 is 0. The summed E-state index contributed by atoms with van der Waals surface area (Å²) in [5, 5.41) is 23.1. The van der Waals surface area contributed by atoms with Gasteiger partial charge in [0.2, 0.25) is 0 Å². The number of para-hydroxylation sites is 1. The molecule has 0 aliphatic heterocycles. The average Bonchev–Trinajstić information content (AvgIpc) is 3.34. The van der Waals surface area contributed by atoms with Crippen molar-refractivity contribution < 1.29 is 9.53 Å². The van der Waals surface area contributed by atoms with E-state index in [-0.39, 0.29) is 12.5 Å². The maximum absolute atomic E-state index is 12.6. The molecule has 2 aromatic heterocycles.